The summed E-state index contributed by atoms with van der Waals surface area (Å²) in [6.45, 7) is 2.12. The number of amides is 1. The molecule has 0 saturated heterocycles. The molecule has 4 heteroatoms. The van der Waals surface area contributed by atoms with E-state index in [1.807, 2.05) is 12.1 Å². The van der Waals surface area contributed by atoms with Crippen LogP contribution in [0.2, 0.25) is 0 Å². The van der Waals surface area contributed by atoms with Crippen LogP contribution in [0.1, 0.15) is 37.1 Å². The fraction of sp³-hybridized carbons (Fsp3) is 0.467. The van der Waals surface area contributed by atoms with Crippen molar-refractivity contribution in [2.75, 3.05) is 5.32 Å². The second kappa shape index (κ2) is 4.04. The third kappa shape index (κ3) is 2.14. The summed E-state index contributed by atoms with van der Waals surface area (Å²) in [6, 6.07) is 6.04. The number of rotatable bonds is 3. The Hall–Kier alpha value is -1.42. The largest absolute Gasteiger partial charge is 0.326 e. The number of aromatic nitrogens is 1. The monoisotopic (exact) mass is 272 g/mol. The first kappa shape index (κ1) is 11.4. The molecule has 2 aromatic rings. The number of hydrogen-bond donors (Lipinski definition) is 1. The lowest BCUT2D eigenvalue weighted by atomic mass is 10.2. The Morgan fingerprint density at radius 2 is 2.21 bits per heavy atom. The number of carbonyl (C=O) groups excluding carboxylic acids is 1. The van der Waals surface area contributed by atoms with Crippen molar-refractivity contribution >= 4 is 33.1 Å². The van der Waals surface area contributed by atoms with Gasteiger partial charge in [-0.2, -0.15) is 0 Å². The Balaban J connectivity index is 1.58. The summed E-state index contributed by atoms with van der Waals surface area (Å²) in [5.41, 5.74) is 1.97. The van der Waals surface area contributed by atoms with Gasteiger partial charge >= 0.3 is 0 Å². The molecule has 2 aliphatic rings. The van der Waals surface area contributed by atoms with Gasteiger partial charge < -0.3 is 5.32 Å². The van der Waals surface area contributed by atoms with Gasteiger partial charge in [-0.05, 0) is 43.4 Å². The lowest BCUT2D eigenvalue weighted by Gasteiger charge is -2.03. The molecule has 98 valence electrons. The van der Waals surface area contributed by atoms with Crippen LogP contribution in [-0.2, 0) is 4.79 Å². The highest BCUT2D eigenvalue weighted by Gasteiger charge is 2.39. The summed E-state index contributed by atoms with van der Waals surface area (Å²) >= 11 is 1.77. The van der Waals surface area contributed by atoms with Gasteiger partial charge in [0, 0.05) is 17.5 Å². The van der Waals surface area contributed by atoms with Gasteiger partial charge in [0.05, 0.1) is 15.2 Å². The topological polar surface area (TPSA) is 42.0 Å². The molecule has 2 saturated carbocycles. The molecule has 0 unspecified atom stereocenters. The van der Waals surface area contributed by atoms with Crippen LogP contribution in [0, 0.1) is 11.8 Å². The van der Waals surface area contributed by atoms with E-state index in [2.05, 4.69) is 23.3 Å². The lowest BCUT2D eigenvalue weighted by Crippen LogP contribution is -2.14. The zero-order valence-electron chi connectivity index (χ0n) is 10.8. The molecule has 2 aliphatic carbocycles. The Morgan fingerprint density at radius 1 is 1.42 bits per heavy atom. The summed E-state index contributed by atoms with van der Waals surface area (Å²) < 4.78 is 1.18. The van der Waals surface area contributed by atoms with Gasteiger partial charge in [-0.15, -0.1) is 11.3 Å². The quantitative estimate of drug-likeness (QED) is 0.924. The van der Waals surface area contributed by atoms with Gasteiger partial charge in [-0.25, -0.2) is 4.98 Å². The second-order valence-corrected chi connectivity index (χ2v) is 6.88. The van der Waals surface area contributed by atoms with E-state index in [-0.39, 0.29) is 11.8 Å². The predicted octanol–water partition coefficient (Wildman–Crippen LogP) is 3.77. The summed E-state index contributed by atoms with van der Waals surface area (Å²) in [4.78, 5) is 16.6. The molecule has 2 atom stereocenters. The first-order valence-corrected chi connectivity index (χ1v) is 7.74. The first-order valence-electron chi connectivity index (χ1n) is 6.92. The molecule has 1 aromatic heterocycles. The van der Waals surface area contributed by atoms with Crippen molar-refractivity contribution in [1.82, 2.24) is 4.98 Å². The number of anilines is 1. The Labute approximate surface area is 116 Å². The minimum absolute atomic E-state index is 0.166. The number of nitrogens with one attached hydrogen (secondary N) is 1. The van der Waals surface area contributed by atoms with E-state index in [1.165, 1.54) is 22.5 Å². The number of nitrogens with zero attached hydrogens (tertiary/aromatic N) is 1. The number of carbonyl (C=O) groups is 1. The van der Waals surface area contributed by atoms with Crippen molar-refractivity contribution in [2.24, 2.45) is 11.8 Å². The molecule has 3 nitrogen and oxygen atoms in total. The zero-order chi connectivity index (χ0) is 13.0. The van der Waals surface area contributed by atoms with Crippen LogP contribution in [0.25, 0.3) is 10.2 Å². The van der Waals surface area contributed by atoms with Gasteiger partial charge in [0.1, 0.15) is 0 Å². The average molecular weight is 272 g/mol. The number of benzene rings is 1. The van der Waals surface area contributed by atoms with Crippen LogP contribution in [0.15, 0.2) is 18.2 Å². The first-order chi connectivity index (χ1) is 9.20. The Bertz CT molecular complexity index is 659. The fourth-order valence-corrected chi connectivity index (χ4v) is 3.62. The molecule has 0 spiro atoms. The summed E-state index contributed by atoms with van der Waals surface area (Å²) in [7, 11) is 0. The summed E-state index contributed by atoms with van der Waals surface area (Å²) in [5.74, 6) is 1.63. The normalized spacial score (nSPS) is 25.5. The van der Waals surface area contributed by atoms with E-state index >= 15 is 0 Å². The van der Waals surface area contributed by atoms with Crippen LogP contribution in [0.5, 0.6) is 0 Å². The maximum atomic E-state index is 11.9. The summed E-state index contributed by atoms with van der Waals surface area (Å²) in [5, 5.41) is 4.28. The highest BCUT2D eigenvalue weighted by atomic mass is 32.1. The Morgan fingerprint density at radius 3 is 2.89 bits per heavy atom. The van der Waals surface area contributed by atoms with E-state index in [0.29, 0.717) is 11.8 Å². The van der Waals surface area contributed by atoms with Crippen molar-refractivity contribution in [1.29, 1.82) is 0 Å². The van der Waals surface area contributed by atoms with Crippen molar-refractivity contribution in [2.45, 2.75) is 32.1 Å². The molecule has 0 aliphatic heterocycles. The van der Waals surface area contributed by atoms with Crippen LogP contribution >= 0.6 is 11.3 Å². The zero-order valence-corrected chi connectivity index (χ0v) is 11.7. The van der Waals surface area contributed by atoms with E-state index in [0.717, 1.165) is 17.6 Å². The third-order valence-corrected chi connectivity index (χ3v) is 5.23. The van der Waals surface area contributed by atoms with Gasteiger partial charge in [0.2, 0.25) is 5.91 Å². The smallest absolute Gasteiger partial charge is 0.227 e. The third-order valence-electron chi connectivity index (χ3n) is 4.05. The minimum Gasteiger partial charge on any atom is -0.326 e. The van der Waals surface area contributed by atoms with Gasteiger partial charge in [0.25, 0.3) is 0 Å². The standard InChI is InChI=1S/C15H16N2OS/c1-8-6-11(8)14(18)16-10-4-5-12-13(7-10)19-15(17-12)9-2-3-9/h4-5,7-9,11H,2-3,6H2,1H3,(H,16,18)/t8-,11-/m1/s1. The van der Waals surface area contributed by atoms with Crippen LogP contribution in [0.3, 0.4) is 0 Å². The van der Waals surface area contributed by atoms with Crippen molar-refractivity contribution in [3.63, 3.8) is 0 Å². The average Bonchev–Trinajstić information content (AvgIpc) is 3.29. The molecule has 19 heavy (non-hydrogen) atoms. The van der Waals surface area contributed by atoms with Gasteiger partial charge in [0.15, 0.2) is 0 Å². The van der Waals surface area contributed by atoms with Gasteiger partial charge in [-0.3, -0.25) is 4.79 Å². The number of thiazole rings is 1. The van der Waals surface area contributed by atoms with E-state index in [9.17, 15) is 4.79 Å². The van der Waals surface area contributed by atoms with Crippen LogP contribution < -0.4 is 5.32 Å². The van der Waals surface area contributed by atoms with E-state index < -0.39 is 0 Å². The maximum Gasteiger partial charge on any atom is 0.227 e. The molecule has 0 radical (unpaired) electrons. The highest BCUT2D eigenvalue weighted by molar-refractivity contribution is 7.18. The predicted molar refractivity (Wildman–Crippen MR) is 77.5 cm³/mol. The van der Waals surface area contributed by atoms with Gasteiger partial charge in [-0.1, -0.05) is 6.92 Å². The minimum atomic E-state index is 0.166. The van der Waals surface area contributed by atoms with E-state index in [4.69, 9.17) is 0 Å². The molecule has 1 amide bonds. The number of hydrogen-bond acceptors (Lipinski definition) is 3. The van der Waals surface area contributed by atoms with Crippen LogP contribution in [0.4, 0.5) is 5.69 Å². The lowest BCUT2D eigenvalue weighted by molar-refractivity contribution is -0.117. The molecule has 1 N–H and O–H groups in total. The Kier molecular flexibility index (Phi) is 2.42. The van der Waals surface area contributed by atoms with Crippen molar-refractivity contribution in [3.05, 3.63) is 23.2 Å². The SMILES string of the molecule is C[C@@H]1C[C@H]1C(=O)Nc1ccc2nc(C3CC3)sc2c1. The maximum absolute atomic E-state index is 11.9. The molecule has 1 aromatic carbocycles. The van der Waals surface area contributed by atoms with E-state index in [1.54, 1.807) is 11.3 Å². The highest BCUT2D eigenvalue weighted by Crippen LogP contribution is 2.43. The van der Waals surface area contributed by atoms with Crippen molar-refractivity contribution < 1.29 is 4.79 Å². The molecule has 1 heterocycles. The summed E-state index contributed by atoms with van der Waals surface area (Å²) in [6.07, 6.45) is 3.59. The molecular formula is C15H16N2OS. The van der Waals surface area contributed by atoms with Crippen LogP contribution in [-0.4, -0.2) is 10.9 Å². The second-order valence-electron chi connectivity index (χ2n) is 5.82. The molecule has 2 fully saturated rings. The molecular weight excluding hydrogens is 256 g/mol. The molecule has 4 rings (SSSR count). The fourth-order valence-electron chi connectivity index (χ4n) is 2.45. The van der Waals surface area contributed by atoms with Crippen molar-refractivity contribution in [3.8, 4) is 0 Å². The number of fused-ring (bicyclic) bond motifs is 1. The molecule has 0 bridgehead atoms.